The summed E-state index contributed by atoms with van der Waals surface area (Å²) in [6, 6.07) is 0.182. The number of rotatable bonds is 3. The maximum absolute atomic E-state index is 9.88. The van der Waals surface area contributed by atoms with Gasteiger partial charge in [-0.2, -0.15) is 0 Å². The number of hydrogen-bond acceptors (Lipinski definition) is 2. The van der Waals surface area contributed by atoms with Crippen molar-refractivity contribution in [1.29, 1.82) is 0 Å². The number of halogens is 1. The second kappa shape index (κ2) is 4.90. The molecule has 14 heavy (non-hydrogen) atoms. The Hall–Kier alpha value is 1.01. The molecule has 0 aromatic rings. The highest BCUT2D eigenvalue weighted by Gasteiger charge is 2.38. The molecule has 1 fully saturated rings. The summed E-state index contributed by atoms with van der Waals surface area (Å²) in [6.45, 7) is 3.47. The average Bonchev–Trinajstić information content (AvgIpc) is 2.28. The van der Waals surface area contributed by atoms with E-state index in [-0.39, 0.29) is 22.1 Å². The van der Waals surface area contributed by atoms with Gasteiger partial charge in [-0.05, 0) is 25.9 Å². The number of ether oxygens (including phenoxy) is 1. The smallest absolute Gasteiger partial charge is 0.140 e. The van der Waals surface area contributed by atoms with E-state index in [1.54, 1.807) is 0 Å². The minimum atomic E-state index is -0.978. The van der Waals surface area contributed by atoms with Crippen molar-refractivity contribution in [2.75, 3.05) is 19.5 Å². The molecule has 0 aliphatic carbocycles. The lowest BCUT2D eigenvalue weighted by atomic mass is 9.96. The molecule has 0 aromatic heterocycles. The number of aliphatic hydroxyl groups is 1. The summed E-state index contributed by atoms with van der Waals surface area (Å²) in [7, 11) is 2.03. The Labute approximate surface area is 101 Å². The van der Waals surface area contributed by atoms with Gasteiger partial charge < -0.3 is 9.84 Å². The summed E-state index contributed by atoms with van der Waals surface area (Å²) in [5, 5.41) is 9.88. The Balaban J connectivity index is 2.44. The molecule has 5 heteroatoms. The zero-order chi connectivity index (χ0) is 10.9. The molecule has 0 amide bonds. The van der Waals surface area contributed by atoms with Gasteiger partial charge in [-0.3, -0.25) is 0 Å². The molecule has 0 unspecified atom stereocenters. The van der Waals surface area contributed by atoms with E-state index in [4.69, 9.17) is 4.74 Å². The standard InChI is InChI=1S/C9H19BIO2P/c1-14(2,3)5-4-6-8(12)7(11)9(10)13-6/h6-9,12H,1,4-5,10H2,2-3H3/t6-,7-,8-,9-/m1/s1. The van der Waals surface area contributed by atoms with E-state index >= 15 is 0 Å². The fourth-order valence-electron chi connectivity index (χ4n) is 1.63. The molecule has 0 saturated carbocycles. The molecule has 0 bridgehead atoms. The van der Waals surface area contributed by atoms with Gasteiger partial charge in [0.05, 0.1) is 16.1 Å². The predicted molar refractivity (Wildman–Crippen MR) is 76.4 cm³/mol. The van der Waals surface area contributed by atoms with Crippen LogP contribution in [0, 0.1) is 0 Å². The first kappa shape index (κ1) is 13.1. The van der Waals surface area contributed by atoms with Crippen LogP contribution in [0.4, 0.5) is 0 Å². The van der Waals surface area contributed by atoms with Crippen LogP contribution in [0.5, 0.6) is 0 Å². The summed E-state index contributed by atoms with van der Waals surface area (Å²) in [5.74, 6) is 0. The molecule has 1 rings (SSSR count). The molecular weight excluding hydrogens is 309 g/mol. The lowest BCUT2D eigenvalue weighted by Crippen LogP contribution is -2.28. The summed E-state index contributed by atoms with van der Waals surface area (Å²) < 4.78 is 5.95. The van der Waals surface area contributed by atoms with Crippen LogP contribution in [-0.4, -0.2) is 60.9 Å². The van der Waals surface area contributed by atoms with Crippen LogP contribution in [0.3, 0.4) is 0 Å². The molecule has 0 aromatic carbocycles. The van der Waals surface area contributed by atoms with Gasteiger partial charge in [0.2, 0.25) is 0 Å². The van der Waals surface area contributed by atoms with E-state index in [1.165, 1.54) is 0 Å². The summed E-state index contributed by atoms with van der Waals surface area (Å²) in [4.78, 5) is 0. The third-order valence-corrected chi connectivity index (χ3v) is 5.78. The molecule has 0 spiro atoms. The fourth-order valence-corrected chi connectivity index (χ4v) is 3.22. The van der Waals surface area contributed by atoms with E-state index < -0.39 is 6.89 Å². The zero-order valence-corrected chi connectivity index (χ0v) is 12.2. The summed E-state index contributed by atoms with van der Waals surface area (Å²) in [5.41, 5.74) is 0. The third-order valence-electron chi connectivity index (χ3n) is 2.56. The van der Waals surface area contributed by atoms with E-state index in [0.29, 0.717) is 0 Å². The lowest BCUT2D eigenvalue weighted by molar-refractivity contribution is 0.0313. The molecule has 1 heterocycles. The first-order valence-corrected chi connectivity index (χ1v) is 9.26. The van der Waals surface area contributed by atoms with Gasteiger partial charge in [-0.25, -0.2) is 0 Å². The van der Waals surface area contributed by atoms with Crippen molar-refractivity contribution in [3.05, 3.63) is 0 Å². The van der Waals surface area contributed by atoms with Crippen molar-refractivity contribution >= 4 is 43.6 Å². The van der Waals surface area contributed by atoms with E-state index in [1.807, 2.05) is 7.85 Å². The number of hydrogen-bond donors (Lipinski definition) is 1. The quantitative estimate of drug-likeness (QED) is 0.356. The highest BCUT2D eigenvalue weighted by molar-refractivity contribution is 14.1. The maximum Gasteiger partial charge on any atom is 0.140 e. The van der Waals surface area contributed by atoms with Crippen LogP contribution < -0.4 is 0 Å². The normalized spacial score (nSPS) is 38.9. The minimum Gasteiger partial charge on any atom is -0.389 e. The molecule has 1 aliphatic rings. The highest BCUT2D eigenvalue weighted by atomic mass is 127. The Morgan fingerprint density at radius 2 is 2.14 bits per heavy atom. The molecule has 1 saturated heterocycles. The van der Waals surface area contributed by atoms with Gasteiger partial charge in [-0.15, -0.1) is 13.2 Å². The van der Waals surface area contributed by atoms with Crippen molar-refractivity contribution in [1.82, 2.24) is 0 Å². The topological polar surface area (TPSA) is 29.5 Å². The molecular formula is C9H19BIO2P. The Morgan fingerprint density at radius 1 is 1.57 bits per heavy atom. The summed E-state index contributed by atoms with van der Waals surface area (Å²) in [6.07, 6.45) is 5.96. The van der Waals surface area contributed by atoms with Crippen LogP contribution in [-0.2, 0) is 4.74 Å². The Bertz CT molecular complexity index is 243. The first-order valence-electron chi connectivity index (χ1n) is 4.96. The number of alkyl halides is 1. The van der Waals surface area contributed by atoms with Gasteiger partial charge in [0.15, 0.2) is 0 Å². The number of aliphatic hydroxyl groups excluding tert-OH is 1. The largest absolute Gasteiger partial charge is 0.389 e. The fraction of sp³-hybridized carbons (Fsp3) is 0.889. The van der Waals surface area contributed by atoms with E-state index in [0.717, 1.165) is 12.6 Å². The molecule has 82 valence electrons. The lowest BCUT2D eigenvalue weighted by Gasteiger charge is -2.18. The van der Waals surface area contributed by atoms with Crippen LogP contribution in [0.2, 0.25) is 0 Å². The van der Waals surface area contributed by atoms with Crippen LogP contribution in [0.25, 0.3) is 0 Å². The van der Waals surface area contributed by atoms with Crippen molar-refractivity contribution in [2.45, 2.75) is 28.6 Å². The molecule has 1 aliphatic heterocycles. The van der Waals surface area contributed by atoms with Gasteiger partial charge in [0.25, 0.3) is 0 Å². The van der Waals surface area contributed by atoms with E-state index in [2.05, 4.69) is 42.2 Å². The second-order valence-electron chi connectivity index (χ2n) is 4.76. The van der Waals surface area contributed by atoms with Crippen molar-refractivity contribution in [3.8, 4) is 0 Å². The zero-order valence-electron chi connectivity index (χ0n) is 9.11. The minimum absolute atomic E-state index is 0.0351. The van der Waals surface area contributed by atoms with Gasteiger partial charge >= 0.3 is 0 Å². The van der Waals surface area contributed by atoms with Crippen LogP contribution >= 0.6 is 29.5 Å². The third kappa shape index (κ3) is 3.55. The molecule has 1 N–H and O–H groups in total. The van der Waals surface area contributed by atoms with Crippen LogP contribution in [0.15, 0.2) is 0 Å². The molecule has 4 atom stereocenters. The average molecular weight is 328 g/mol. The first-order chi connectivity index (χ1) is 6.31. The van der Waals surface area contributed by atoms with Crippen molar-refractivity contribution in [3.63, 3.8) is 0 Å². The van der Waals surface area contributed by atoms with Gasteiger partial charge in [0, 0.05) is 6.00 Å². The summed E-state index contributed by atoms with van der Waals surface area (Å²) >= 11 is 2.28. The van der Waals surface area contributed by atoms with Gasteiger partial charge in [-0.1, -0.05) is 22.6 Å². The van der Waals surface area contributed by atoms with Crippen molar-refractivity contribution < 1.29 is 9.84 Å². The SMILES string of the molecule is B[C@@H]1O[C@H](CCP(=C)(C)C)[C@@H](O)[C@H]1I. The predicted octanol–water partition coefficient (Wildman–Crippen LogP) is 0.608. The highest BCUT2D eigenvalue weighted by Crippen LogP contribution is 2.38. The Kier molecular flexibility index (Phi) is 4.58. The van der Waals surface area contributed by atoms with Gasteiger partial charge in [0.1, 0.15) is 7.85 Å². The maximum atomic E-state index is 9.88. The molecule has 2 nitrogen and oxygen atoms in total. The second-order valence-corrected chi connectivity index (χ2v) is 10.5. The van der Waals surface area contributed by atoms with E-state index in [9.17, 15) is 5.11 Å². The monoisotopic (exact) mass is 328 g/mol. The molecule has 0 radical (unpaired) electrons. The Morgan fingerprint density at radius 3 is 2.50 bits per heavy atom. The van der Waals surface area contributed by atoms with Crippen molar-refractivity contribution in [2.24, 2.45) is 0 Å². The van der Waals surface area contributed by atoms with Crippen LogP contribution in [0.1, 0.15) is 6.42 Å².